The van der Waals surface area contributed by atoms with Crippen LogP contribution in [0.25, 0.3) is 5.69 Å². The number of hydrogen-bond donors (Lipinski definition) is 0. The van der Waals surface area contributed by atoms with E-state index in [-0.39, 0.29) is 50.0 Å². The number of halogens is 2. The lowest BCUT2D eigenvalue weighted by Crippen LogP contribution is -2.27. The van der Waals surface area contributed by atoms with E-state index in [1.807, 2.05) is 39.8 Å². The van der Waals surface area contributed by atoms with E-state index in [9.17, 15) is 13.2 Å². The predicted octanol–water partition coefficient (Wildman–Crippen LogP) is 7.29. The Morgan fingerprint density at radius 2 is 1.47 bits per heavy atom. The summed E-state index contributed by atoms with van der Waals surface area (Å²) in [5, 5.41) is 0.480. The largest absolute Gasteiger partial charge is 0.358 e. The van der Waals surface area contributed by atoms with Gasteiger partial charge in [-0.25, -0.2) is 0 Å². The first kappa shape index (κ1) is 28.2. The van der Waals surface area contributed by atoms with Gasteiger partial charge in [-0.05, 0) is 60.4 Å². The van der Waals surface area contributed by atoms with Crippen molar-refractivity contribution < 1.29 is 12.6 Å². The second-order valence-electron chi connectivity index (χ2n) is 9.83. The van der Waals surface area contributed by atoms with Crippen molar-refractivity contribution in [3.63, 3.8) is 0 Å². The van der Waals surface area contributed by atoms with Crippen molar-refractivity contribution in [3.05, 3.63) is 78.8 Å². The fourth-order valence-electron chi connectivity index (χ4n) is 4.04. The number of aromatic nitrogens is 2. The molecule has 2 aromatic carbocycles. The van der Waals surface area contributed by atoms with Gasteiger partial charge in [0.15, 0.2) is 0 Å². The van der Waals surface area contributed by atoms with Crippen molar-refractivity contribution in [2.75, 3.05) is 0 Å². The second-order valence-corrected chi connectivity index (χ2v) is 12.1. The average Bonchev–Trinajstić information content (AvgIpc) is 2.78. The smallest absolute Gasteiger partial charge is 0.341 e. The van der Waals surface area contributed by atoms with Crippen LogP contribution in [0.4, 0.5) is 0 Å². The maximum Gasteiger partial charge on any atom is 0.341 e. The number of rotatable bonds is 7. The summed E-state index contributed by atoms with van der Waals surface area (Å²) in [7, 11) is -4.31. The molecule has 9 heteroatoms. The molecule has 0 spiro atoms. The van der Waals surface area contributed by atoms with Crippen LogP contribution in [0, 0.1) is 13.8 Å². The molecule has 1 heterocycles. The fraction of sp³-hybridized carbons (Fsp3) is 0.407. The highest BCUT2D eigenvalue weighted by atomic mass is 35.5. The molecule has 0 atom stereocenters. The fourth-order valence-corrected chi connectivity index (χ4v) is 6.04. The lowest BCUT2D eigenvalue weighted by Gasteiger charge is -2.22. The molecule has 0 aliphatic heterocycles. The number of aryl methyl sites for hydroxylation is 1. The zero-order chi connectivity index (χ0) is 27.1. The van der Waals surface area contributed by atoms with E-state index >= 15 is 0 Å². The Bertz CT molecular complexity index is 1450. The third-order valence-electron chi connectivity index (χ3n) is 6.12. The maximum atomic E-state index is 13.8. The number of hydrogen-bond acceptors (Lipinski definition) is 5. The first-order valence-corrected chi connectivity index (χ1v) is 14.0. The Kier molecular flexibility index (Phi) is 8.28. The van der Waals surface area contributed by atoms with Gasteiger partial charge in [0.25, 0.3) is 5.56 Å². The summed E-state index contributed by atoms with van der Waals surface area (Å²) in [5.41, 5.74) is 2.31. The van der Waals surface area contributed by atoms with E-state index in [0.29, 0.717) is 16.8 Å². The first-order chi connectivity index (χ1) is 16.7. The Balaban J connectivity index is 2.21. The van der Waals surface area contributed by atoms with Gasteiger partial charge < -0.3 is 4.18 Å². The Morgan fingerprint density at radius 3 is 1.97 bits per heavy atom. The molecule has 0 fully saturated rings. The van der Waals surface area contributed by atoms with E-state index < -0.39 is 15.7 Å². The van der Waals surface area contributed by atoms with Gasteiger partial charge in [0.2, 0.25) is 5.88 Å². The zero-order valence-electron chi connectivity index (χ0n) is 21.8. The highest BCUT2D eigenvalue weighted by molar-refractivity contribution is 7.87. The van der Waals surface area contributed by atoms with Crippen molar-refractivity contribution in [3.8, 4) is 11.6 Å². The molecule has 0 bridgehead atoms. The summed E-state index contributed by atoms with van der Waals surface area (Å²) in [6.07, 6.45) is 0. The average molecular weight is 552 g/mol. The summed E-state index contributed by atoms with van der Waals surface area (Å²) in [6, 6.07) is 8.79. The second kappa shape index (κ2) is 10.6. The molecule has 0 saturated carbocycles. The van der Waals surface area contributed by atoms with E-state index in [1.54, 1.807) is 25.1 Å². The van der Waals surface area contributed by atoms with Crippen LogP contribution < -0.4 is 9.74 Å². The molecular weight excluding hydrogens is 519 g/mol. The zero-order valence-corrected chi connectivity index (χ0v) is 24.1. The van der Waals surface area contributed by atoms with Crippen LogP contribution in [0.1, 0.15) is 87.4 Å². The molecular formula is C27H32Cl2N2O4S. The van der Waals surface area contributed by atoms with Crippen molar-refractivity contribution >= 4 is 33.3 Å². The number of benzene rings is 2. The van der Waals surface area contributed by atoms with Crippen LogP contribution in [-0.2, 0) is 10.1 Å². The van der Waals surface area contributed by atoms with Crippen molar-refractivity contribution in [2.24, 2.45) is 0 Å². The molecule has 0 saturated heterocycles. The molecule has 3 rings (SSSR count). The molecule has 0 aliphatic carbocycles. The third kappa shape index (κ3) is 5.34. The Hall–Kier alpha value is -2.35. The summed E-state index contributed by atoms with van der Waals surface area (Å²) in [4.78, 5) is 17.8. The topological polar surface area (TPSA) is 78.3 Å². The predicted molar refractivity (Wildman–Crippen MR) is 146 cm³/mol. The van der Waals surface area contributed by atoms with Crippen molar-refractivity contribution in [1.29, 1.82) is 0 Å². The summed E-state index contributed by atoms with van der Waals surface area (Å²) >= 11 is 12.5. The third-order valence-corrected chi connectivity index (χ3v) is 8.28. The lowest BCUT2D eigenvalue weighted by atomic mass is 9.89. The molecule has 0 N–H and O–H groups in total. The monoisotopic (exact) mass is 550 g/mol. The quantitative estimate of drug-likeness (QED) is 0.288. The minimum Gasteiger partial charge on any atom is -0.358 e. The van der Waals surface area contributed by atoms with Crippen LogP contribution in [0.5, 0.6) is 5.88 Å². The van der Waals surface area contributed by atoms with E-state index in [1.165, 1.54) is 11.5 Å². The summed E-state index contributed by atoms with van der Waals surface area (Å²) < 4.78 is 34.4. The van der Waals surface area contributed by atoms with Crippen LogP contribution >= 0.6 is 23.2 Å². The minimum absolute atomic E-state index is 0.0382. The van der Waals surface area contributed by atoms with E-state index in [0.717, 1.165) is 5.56 Å². The molecule has 1 aromatic heterocycles. The van der Waals surface area contributed by atoms with Crippen LogP contribution in [0.2, 0.25) is 10.0 Å². The van der Waals surface area contributed by atoms with Gasteiger partial charge in [-0.15, -0.1) is 0 Å². The SMILES string of the molecule is Cc1c(OS(=O)(=O)c2c(C(C)C)cc(C(C)C)cc2C(C)C)nc(C)n(-c2cccc(Cl)c2Cl)c1=O. The van der Waals surface area contributed by atoms with Crippen molar-refractivity contribution in [2.45, 2.75) is 78.0 Å². The Morgan fingerprint density at radius 1 is 0.917 bits per heavy atom. The van der Waals surface area contributed by atoms with Gasteiger partial charge in [0.1, 0.15) is 10.7 Å². The van der Waals surface area contributed by atoms with Crippen molar-refractivity contribution in [1.82, 2.24) is 9.55 Å². The van der Waals surface area contributed by atoms with Gasteiger partial charge in [0.05, 0.1) is 21.3 Å². The molecule has 6 nitrogen and oxygen atoms in total. The molecule has 0 radical (unpaired) electrons. The molecule has 0 amide bonds. The maximum absolute atomic E-state index is 13.8. The molecule has 36 heavy (non-hydrogen) atoms. The van der Waals surface area contributed by atoms with Crippen LogP contribution in [0.3, 0.4) is 0 Å². The molecule has 194 valence electrons. The molecule has 0 unspecified atom stereocenters. The van der Waals surface area contributed by atoms with E-state index in [2.05, 4.69) is 18.8 Å². The van der Waals surface area contributed by atoms with Gasteiger partial charge in [0, 0.05) is 0 Å². The van der Waals surface area contributed by atoms with Gasteiger partial charge >= 0.3 is 10.1 Å². The number of nitrogens with zero attached hydrogens (tertiary/aromatic N) is 2. The van der Waals surface area contributed by atoms with Crippen LogP contribution in [-0.4, -0.2) is 18.0 Å². The molecule has 0 aliphatic rings. The van der Waals surface area contributed by atoms with Gasteiger partial charge in [-0.1, -0.05) is 82.9 Å². The standard InChI is InChI=1S/C27H32Cl2N2O4S/c1-14(2)19-12-20(15(3)4)25(21(13-19)16(5)6)36(33,34)35-26-17(7)27(32)31(18(8)30-26)23-11-9-10-22(28)24(23)29/h9-16H,1-8H3. The first-order valence-electron chi connectivity index (χ1n) is 11.8. The van der Waals surface area contributed by atoms with E-state index in [4.69, 9.17) is 27.4 Å². The van der Waals surface area contributed by atoms with Crippen LogP contribution in [0.15, 0.2) is 40.0 Å². The normalized spacial score (nSPS) is 12.1. The highest BCUT2D eigenvalue weighted by Crippen LogP contribution is 2.36. The Labute approximate surface area is 223 Å². The summed E-state index contributed by atoms with van der Waals surface area (Å²) in [6.45, 7) is 15.0. The molecule has 3 aromatic rings. The minimum atomic E-state index is -4.31. The van der Waals surface area contributed by atoms with Gasteiger partial charge in [-0.2, -0.15) is 13.4 Å². The summed E-state index contributed by atoms with van der Waals surface area (Å²) in [5.74, 6) is 0.0503. The lowest BCUT2D eigenvalue weighted by molar-refractivity contribution is 0.466. The highest BCUT2D eigenvalue weighted by Gasteiger charge is 2.30. The van der Waals surface area contributed by atoms with Gasteiger partial charge in [-0.3, -0.25) is 9.36 Å².